The van der Waals surface area contributed by atoms with Crippen LogP contribution >= 0.6 is 0 Å². The molecular formula is C13H20Si. The van der Waals surface area contributed by atoms with E-state index in [1.165, 1.54) is 18.0 Å². The molecule has 0 saturated carbocycles. The third kappa shape index (κ3) is 3.15. The second kappa shape index (κ2) is 4.60. The van der Waals surface area contributed by atoms with Gasteiger partial charge in [-0.3, -0.25) is 0 Å². The molecule has 0 spiro atoms. The maximum absolute atomic E-state index is 3.97. The molecule has 1 aromatic rings. The fourth-order valence-electron chi connectivity index (χ4n) is 1.56. The zero-order valence-electron chi connectivity index (χ0n) is 9.51. The normalized spacial score (nSPS) is 11.4. The summed E-state index contributed by atoms with van der Waals surface area (Å²) in [5, 5.41) is 1.56. The molecule has 0 aliphatic carbocycles. The Morgan fingerprint density at radius 2 is 1.79 bits per heavy atom. The van der Waals surface area contributed by atoms with Gasteiger partial charge in [-0.15, -0.1) is 6.58 Å². The zero-order chi connectivity index (χ0) is 10.6. The molecule has 0 amide bonds. The molecule has 0 unspecified atom stereocenters. The number of rotatable bonds is 4. The first-order valence-corrected chi connectivity index (χ1v) is 8.43. The molecule has 0 N–H and O–H groups in total. The Bertz CT molecular complexity index is 298. The Hall–Kier alpha value is -0.823. The first-order valence-electron chi connectivity index (χ1n) is 5.22. The molecule has 0 saturated heterocycles. The quantitative estimate of drug-likeness (QED) is 0.519. The Morgan fingerprint density at radius 3 is 2.29 bits per heavy atom. The number of benzene rings is 1. The number of hydrogen-bond acceptors (Lipinski definition) is 0. The van der Waals surface area contributed by atoms with E-state index in [0.717, 1.165) is 0 Å². The summed E-state index contributed by atoms with van der Waals surface area (Å²) < 4.78 is 0. The third-order valence-corrected chi connectivity index (χ3v) is 6.13. The maximum Gasteiger partial charge on any atom is 0.0809 e. The molecule has 0 heterocycles. The van der Waals surface area contributed by atoms with Crippen LogP contribution in [-0.4, -0.2) is 8.07 Å². The van der Waals surface area contributed by atoms with Crippen molar-refractivity contribution in [3.63, 3.8) is 0 Å². The van der Waals surface area contributed by atoms with E-state index in [1.807, 2.05) is 0 Å². The highest BCUT2D eigenvalue weighted by molar-refractivity contribution is 6.89. The van der Waals surface area contributed by atoms with Crippen LogP contribution in [0.5, 0.6) is 0 Å². The standard InChI is InChI=1S/C13H20Si/c1-12(2)10-11-14(3,4)13-8-6-5-7-9-13/h5-9H,1,10-11H2,2-4H3. The predicted molar refractivity (Wildman–Crippen MR) is 67.8 cm³/mol. The lowest BCUT2D eigenvalue weighted by atomic mass is 10.3. The molecule has 0 aromatic heterocycles. The molecule has 0 aliphatic rings. The summed E-state index contributed by atoms with van der Waals surface area (Å²) >= 11 is 0. The summed E-state index contributed by atoms with van der Waals surface area (Å²) in [7, 11) is -1.20. The SMILES string of the molecule is C=C(C)CC[Si](C)(C)c1ccccc1. The van der Waals surface area contributed by atoms with Gasteiger partial charge in [0.1, 0.15) is 0 Å². The van der Waals surface area contributed by atoms with E-state index < -0.39 is 8.07 Å². The van der Waals surface area contributed by atoms with E-state index in [2.05, 4.69) is 56.9 Å². The third-order valence-electron chi connectivity index (χ3n) is 2.73. The zero-order valence-corrected chi connectivity index (χ0v) is 10.5. The molecule has 0 aliphatic heterocycles. The van der Waals surface area contributed by atoms with Gasteiger partial charge in [-0.2, -0.15) is 0 Å². The molecule has 1 aromatic carbocycles. The summed E-state index contributed by atoms with van der Waals surface area (Å²) in [5.41, 5.74) is 1.31. The van der Waals surface area contributed by atoms with Gasteiger partial charge in [0.2, 0.25) is 0 Å². The summed E-state index contributed by atoms with van der Waals surface area (Å²) in [6, 6.07) is 12.2. The highest BCUT2D eigenvalue weighted by Gasteiger charge is 2.22. The fraction of sp³-hybridized carbons (Fsp3) is 0.385. The lowest BCUT2D eigenvalue weighted by Gasteiger charge is -2.22. The Balaban J connectivity index is 2.70. The van der Waals surface area contributed by atoms with Crippen molar-refractivity contribution in [1.29, 1.82) is 0 Å². The van der Waals surface area contributed by atoms with Crippen molar-refractivity contribution in [3.8, 4) is 0 Å². The van der Waals surface area contributed by atoms with Gasteiger partial charge in [-0.05, 0) is 19.4 Å². The van der Waals surface area contributed by atoms with E-state index in [1.54, 1.807) is 5.19 Å². The summed E-state index contributed by atoms with van der Waals surface area (Å²) in [5.74, 6) is 0. The molecule has 76 valence electrons. The second-order valence-electron chi connectivity index (χ2n) is 4.71. The van der Waals surface area contributed by atoms with Gasteiger partial charge in [0, 0.05) is 0 Å². The molecular weight excluding hydrogens is 184 g/mol. The van der Waals surface area contributed by atoms with Gasteiger partial charge in [0.05, 0.1) is 8.07 Å². The van der Waals surface area contributed by atoms with Gasteiger partial charge >= 0.3 is 0 Å². The molecule has 0 bridgehead atoms. The first kappa shape index (κ1) is 11.3. The average Bonchev–Trinajstić information content (AvgIpc) is 2.16. The summed E-state index contributed by atoms with van der Waals surface area (Å²) in [4.78, 5) is 0. The van der Waals surface area contributed by atoms with E-state index in [4.69, 9.17) is 0 Å². The summed E-state index contributed by atoms with van der Waals surface area (Å²) in [6.07, 6.45) is 1.17. The van der Waals surface area contributed by atoms with Gasteiger partial charge < -0.3 is 0 Å². The van der Waals surface area contributed by atoms with Crippen LogP contribution in [-0.2, 0) is 0 Å². The Morgan fingerprint density at radius 1 is 1.21 bits per heavy atom. The van der Waals surface area contributed by atoms with Crippen molar-refractivity contribution in [1.82, 2.24) is 0 Å². The van der Waals surface area contributed by atoms with Gasteiger partial charge in [0.25, 0.3) is 0 Å². The van der Waals surface area contributed by atoms with Crippen molar-refractivity contribution < 1.29 is 0 Å². The maximum atomic E-state index is 3.97. The lowest BCUT2D eigenvalue weighted by Crippen LogP contribution is -2.40. The van der Waals surface area contributed by atoms with Crippen molar-refractivity contribution >= 4 is 13.3 Å². The Kier molecular flexibility index (Phi) is 3.70. The van der Waals surface area contributed by atoms with Crippen molar-refractivity contribution in [3.05, 3.63) is 42.5 Å². The largest absolute Gasteiger partial charge is 0.100 e. The molecule has 0 nitrogen and oxygen atoms in total. The van der Waals surface area contributed by atoms with Gasteiger partial charge in [-0.1, -0.05) is 54.2 Å². The predicted octanol–water partition coefficient (Wildman–Crippen LogP) is 3.57. The van der Waals surface area contributed by atoms with Crippen LogP contribution in [0.2, 0.25) is 19.1 Å². The smallest absolute Gasteiger partial charge is 0.0809 e. The highest BCUT2D eigenvalue weighted by atomic mass is 28.3. The van der Waals surface area contributed by atoms with Gasteiger partial charge in [-0.25, -0.2) is 0 Å². The minimum absolute atomic E-state index is 1.17. The molecule has 1 heteroatoms. The molecule has 14 heavy (non-hydrogen) atoms. The first-order chi connectivity index (χ1) is 6.52. The average molecular weight is 204 g/mol. The molecule has 0 radical (unpaired) electrons. The molecule has 0 atom stereocenters. The second-order valence-corrected chi connectivity index (χ2v) is 9.55. The monoisotopic (exact) mass is 204 g/mol. The van der Waals surface area contributed by atoms with Crippen LogP contribution in [0.4, 0.5) is 0 Å². The number of allylic oxidation sites excluding steroid dienone is 1. The lowest BCUT2D eigenvalue weighted by molar-refractivity contribution is 1.07. The van der Waals surface area contributed by atoms with Crippen LogP contribution in [0.15, 0.2) is 42.5 Å². The van der Waals surface area contributed by atoms with E-state index in [9.17, 15) is 0 Å². The topological polar surface area (TPSA) is 0 Å². The fourth-order valence-corrected chi connectivity index (χ4v) is 3.99. The Labute approximate surface area is 88.7 Å². The van der Waals surface area contributed by atoms with Crippen LogP contribution in [0.1, 0.15) is 13.3 Å². The van der Waals surface area contributed by atoms with Crippen LogP contribution in [0.3, 0.4) is 0 Å². The summed E-state index contributed by atoms with van der Waals surface area (Å²) in [6.45, 7) is 11.0. The van der Waals surface area contributed by atoms with Crippen molar-refractivity contribution in [2.45, 2.75) is 32.5 Å². The molecule has 0 fully saturated rings. The minimum Gasteiger partial charge on any atom is -0.100 e. The van der Waals surface area contributed by atoms with E-state index in [0.29, 0.717) is 0 Å². The van der Waals surface area contributed by atoms with E-state index in [-0.39, 0.29) is 0 Å². The van der Waals surface area contributed by atoms with Crippen molar-refractivity contribution in [2.24, 2.45) is 0 Å². The van der Waals surface area contributed by atoms with E-state index >= 15 is 0 Å². The van der Waals surface area contributed by atoms with Crippen LogP contribution in [0.25, 0.3) is 0 Å². The molecule has 1 rings (SSSR count). The van der Waals surface area contributed by atoms with Crippen LogP contribution in [0, 0.1) is 0 Å². The highest BCUT2D eigenvalue weighted by Crippen LogP contribution is 2.15. The van der Waals surface area contributed by atoms with Crippen molar-refractivity contribution in [2.75, 3.05) is 0 Å². The minimum atomic E-state index is -1.20. The van der Waals surface area contributed by atoms with Gasteiger partial charge in [0.15, 0.2) is 0 Å². The number of hydrogen-bond donors (Lipinski definition) is 0. The van der Waals surface area contributed by atoms with Crippen LogP contribution < -0.4 is 5.19 Å².